The Labute approximate surface area is 82.0 Å². The Morgan fingerprint density at radius 3 is 1.83 bits per heavy atom. The first-order chi connectivity index (χ1) is 5.72. The van der Waals surface area contributed by atoms with Crippen molar-refractivity contribution in [3.8, 4) is 0 Å². The van der Waals surface area contributed by atoms with Gasteiger partial charge in [-0.2, -0.15) is 0 Å². The van der Waals surface area contributed by atoms with Crippen molar-refractivity contribution < 1.29 is 8.85 Å². The van der Waals surface area contributed by atoms with E-state index in [1.807, 2.05) is 6.92 Å². The molecule has 0 radical (unpaired) electrons. The summed E-state index contributed by atoms with van der Waals surface area (Å²) in [5, 5.41) is 0.0584. The van der Waals surface area contributed by atoms with E-state index in [9.17, 15) is 0 Å². The molecule has 0 spiro atoms. The summed E-state index contributed by atoms with van der Waals surface area (Å²) in [6, 6.07) is 0. The topological polar surface area (TPSA) is 18.5 Å². The van der Waals surface area contributed by atoms with Crippen molar-refractivity contribution in [2.24, 2.45) is 0 Å². The average molecular weight is 211 g/mol. The first-order valence-electron chi connectivity index (χ1n) is 4.59. The van der Waals surface area contributed by atoms with Crippen LogP contribution in [0.1, 0.15) is 33.6 Å². The van der Waals surface area contributed by atoms with Gasteiger partial charge in [0.15, 0.2) is 0 Å². The quantitative estimate of drug-likeness (QED) is 0.474. The monoisotopic (exact) mass is 210 g/mol. The Kier molecular flexibility index (Phi) is 8.33. The van der Waals surface area contributed by atoms with Gasteiger partial charge in [-0.1, -0.05) is 13.8 Å². The SMILES string of the molecule is CCCO[SiH](OCCC)C(C)Cl. The summed E-state index contributed by atoms with van der Waals surface area (Å²) in [7, 11) is -1.58. The summed E-state index contributed by atoms with van der Waals surface area (Å²) < 4.78 is 11.1. The van der Waals surface area contributed by atoms with Crippen LogP contribution in [0.2, 0.25) is 0 Å². The third-order valence-corrected chi connectivity index (χ3v) is 3.84. The van der Waals surface area contributed by atoms with E-state index in [1.54, 1.807) is 0 Å². The predicted molar refractivity (Wildman–Crippen MR) is 55.0 cm³/mol. The Balaban J connectivity index is 3.55. The van der Waals surface area contributed by atoms with Gasteiger partial charge in [0.25, 0.3) is 0 Å². The van der Waals surface area contributed by atoms with Crippen molar-refractivity contribution in [1.82, 2.24) is 0 Å². The Morgan fingerprint density at radius 2 is 1.58 bits per heavy atom. The molecular formula is C8H19ClO2Si. The molecule has 0 bridgehead atoms. The van der Waals surface area contributed by atoms with Crippen molar-refractivity contribution in [2.45, 2.75) is 38.6 Å². The van der Waals surface area contributed by atoms with E-state index in [0.29, 0.717) is 0 Å². The number of alkyl halides is 1. The molecule has 2 nitrogen and oxygen atoms in total. The normalized spacial score (nSPS) is 13.8. The van der Waals surface area contributed by atoms with Gasteiger partial charge >= 0.3 is 9.28 Å². The van der Waals surface area contributed by atoms with Crippen LogP contribution in [0.25, 0.3) is 0 Å². The second-order valence-electron chi connectivity index (χ2n) is 2.79. The lowest BCUT2D eigenvalue weighted by Crippen LogP contribution is -2.32. The summed E-state index contributed by atoms with van der Waals surface area (Å²) in [6.07, 6.45) is 2.06. The molecular weight excluding hydrogens is 192 g/mol. The molecule has 0 rings (SSSR count). The summed E-state index contributed by atoms with van der Waals surface area (Å²) in [5.74, 6) is 0. The van der Waals surface area contributed by atoms with Crippen LogP contribution >= 0.6 is 11.6 Å². The largest absolute Gasteiger partial charge is 0.396 e. The van der Waals surface area contributed by atoms with E-state index < -0.39 is 9.28 Å². The number of hydrogen-bond acceptors (Lipinski definition) is 2. The fraction of sp³-hybridized carbons (Fsp3) is 1.00. The van der Waals surface area contributed by atoms with Gasteiger partial charge in [0.05, 0.1) is 5.00 Å². The summed E-state index contributed by atoms with van der Waals surface area (Å²) in [5.41, 5.74) is 0. The lowest BCUT2D eigenvalue weighted by molar-refractivity contribution is 0.195. The average Bonchev–Trinajstić information content (AvgIpc) is 2.04. The third kappa shape index (κ3) is 6.00. The molecule has 74 valence electrons. The molecule has 0 saturated carbocycles. The smallest absolute Gasteiger partial charge is 0.339 e. The zero-order valence-corrected chi connectivity index (χ0v) is 10.1. The highest BCUT2D eigenvalue weighted by molar-refractivity contribution is 6.59. The maximum absolute atomic E-state index is 5.93. The zero-order chi connectivity index (χ0) is 9.40. The number of halogens is 1. The molecule has 0 saturated heterocycles. The maximum Gasteiger partial charge on any atom is 0.339 e. The molecule has 0 amide bonds. The number of rotatable bonds is 7. The Bertz CT molecular complexity index is 93.1. The van der Waals surface area contributed by atoms with Crippen LogP contribution in [0.4, 0.5) is 0 Å². The molecule has 12 heavy (non-hydrogen) atoms. The highest BCUT2D eigenvalue weighted by atomic mass is 35.5. The molecule has 0 N–H and O–H groups in total. The van der Waals surface area contributed by atoms with Gasteiger partial charge < -0.3 is 8.85 Å². The van der Waals surface area contributed by atoms with E-state index in [4.69, 9.17) is 20.5 Å². The van der Waals surface area contributed by atoms with Crippen LogP contribution in [0.3, 0.4) is 0 Å². The molecule has 0 aromatic carbocycles. The Morgan fingerprint density at radius 1 is 1.17 bits per heavy atom. The van der Waals surface area contributed by atoms with Crippen molar-refractivity contribution >= 4 is 20.9 Å². The van der Waals surface area contributed by atoms with Crippen LogP contribution in [0.15, 0.2) is 0 Å². The molecule has 0 aliphatic carbocycles. The van der Waals surface area contributed by atoms with Gasteiger partial charge in [0.2, 0.25) is 0 Å². The third-order valence-electron chi connectivity index (χ3n) is 1.35. The van der Waals surface area contributed by atoms with Crippen LogP contribution < -0.4 is 0 Å². The fourth-order valence-electron chi connectivity index (χ4n) is 0.781. The van der Waals surface area contributed by atoms with Crippen LogP contribution in [0.5, 0.6) is 0 Å². The predicted octanol–water partition coefficient (Wildman–Crippen LogP) is 2.23. The lowest BCUT2D eigenvalue weighted by Gasteiger charge is -2.17. The van der Waals surface area contributed by atoms with Gasteiger partial charge in [0, 0.05) is 13.2 Å². The molecule has 1 unspecified atom stereocenters. The van der Waals surface area contributed by atoms with Crippen LogP contribution in [0, 0.1) is 0 Å². The summed E-state index contributed by atoms with van der Waals surface area (Å²) in [6.45, 7) is 7.67. The first-order valence-corrected chi connectivity index (χ1v) is 6.64. The number of hydrogen-bond donors (Lipinski definition) is 0. The van der Waals surface area contributed by atoms with Crippen LogP contribution in [-0.2, 0) is 8.85 Å². The summed E-state index contributed by atoms with van der Waals surface area (Å²) in [4.78, 5) is 0. The van der Waals surface area contributed by atoms with Crippen molar-refractivity contribution in [1.29, 1.82) is 0 Å². The molecule has 1 atom stereocenters. The van der Waals surface area contributed by atoms with Crippen LogP contribution in [-0.4, -0.2) is 27.5 Å². The van der Waals surface area contributed by atoms with Gasteiger partial charge in [-0.15, -0.1) is 11.6 Å². The highest BCUT2D eigenvalue weighted by Crippen LogP contribution is 2.04. The van der Waals surface area contributed by atoms with E-state index in [0.717, 1.165) is 26.1 Å². The van der Waals surface area contributed by atoms with E-state index >= 15 is 0 Å². The maximum atomic E-state index is 5.93. The summed E-state index contributed by atoms with van der Waals surface area (Å²) >= 11 is 5.93. The molecule has 0 fully saturated rings. The molecule has 0 heterocycles. The molecule has 0 aliphatic heterocycles. The lowest BCUT2D eigenvalue weighted by atomic mass is 10.5. The standard InChI is InChI=1S/C8H19ClO2Si/c1-4-6-10-12(8(3)9)11-7-5-2/h8,12H,4-7H2,1-3H3. The van der Waals surface area contributed by atoms with Gasteiger partial charge in [0.1, 0.15) is 0 Å². The van der Waals surface area contributed by atoms with Crippen molar-refractivity contribution in [3.05, 3.63) is 0 Å². The van der Waals surface area contributed by atoms with E-state index in [2.05, 4.69) is 13.8 Å². The minimum absolute atomic E-state index is 0.0584. The van der Waals surface area contributed by atoms with Crippen molar-refractivity contribution in [3.63, 3.8) is 0 Å². The fourth-order valence-corrected chi connectivity index (χ4v) is 2.78. The Hall–Kier alpha value is 0.427. The van der Waals surface area contributed by atoms with Gasteiger partial charge in [-0.05, 0) is 19.8 Å². The second kappa shape index (κ2) is 8.04. The molecule has 4 heteroatoms. The molecule has 0 aromatic heterocycles. The van der Waals surface area contributed by atoms with E-state index in [1.165, 1.54) is 0 Å². The zero-order valence-electron chi connectivity index (χ0n) is 8.18. The highest BCUT2D eigenvalue weighted by Gasteiger charge is 2.19. The van der Waals surface area contributed by atoms with E-state index in [-0.39, 0.29) is 5.00 Å². The van der Waals surface area contributed by atoms with Gasteiger partial charge in [-0.25, -0.2) is 0 Å². The van der Waals surface area contributed by atoms with Crippen molar-refractivity contribution in [2.75, 3.05) is 13.2 Å². The molecule has 0 aromatic rings. The second-order valence-corrected chi connectivity index (χ2v) is 6.30. The molecule has 0 aliphatic rings. The first kappa shape index (κ1) is 12.4. The minimum Gasteiger partial charge on any atom is -0.396 e. The van der Waals surface area contributed by atoms with Gasteiger partial charge in [-0.3, -0.25) is 0 Å². The minimum atomic E-state index is -1.58.